The maximum absolute atomic E-state index is 12.9. The average molecular weight is 425 g/mol. The fraction of sp³-hybridized carbons (Fsp3) is 0.682. The minimum Gasteiger partial charge on any atom is -0.406 e. The molecule has 1 aromatic rings. The zero-order valence-electron chi connectivity index (χ0n) is 17.5. The Balaban J connectivity index is 1.35. The molecule has 4 rings (SSSR count). The Bertz CT molecular complexity index is 749. The standard InChI is InChI=1S/C22H30F3N3O2/c1-27(2)20(11-14-3-4-14)21(29)26-19-10-5-15-12-28(13-18(15)19)16-6-8-17(9-7-16)30-22(23,24)25/h6-9,14-15,18-20H,3-5,10-13H2,1-2H3,(H,26,29)/t15-,18+,19+,20+/m1/s1. The number of fused-ring (bicyclic) bond motifs is 1. The molecule has 166 valence electrons. The van der Waals surface area contributed by atoms with E-state index in [0.29, 0.717) is 17.8 Å². The number of carbonyl (C=O) groups excluding carboxylic acids is 1. The second kappa shape index (κ2) is 8.29. The summed E-state index contributed by atoms with van der Waals surface area (Å²) < 4.78 is 41.0. The molecule has 0 spiro atoms. The average Bonchev–Trinajstić information content (AvgIpc) is 3.27. The summed E-state index contributed by atoms with van der Waals surface area (Å²) in [6.07, 6.45) is 0.772. The fourth-order valence-corrected chi connectivity index (χ4v) is 5.01. The van der Waals surface area contributed by atoms with Crippen LogP contribution >= 0.6 is 0 Å². The van der Waals surface area contributed by atoms with Crippen molar-refractivity contribution in [3.8, 4) is 5.75 Å². The van der Waals surface area contributed by atoms with Crippen molar-refractivity contribution in [3.05, 3.63) is 24.3 Å². The molecule has 2 saturated carbocycles. The summed E-state index contributed by atoms with van der Waals surface area (Å²) >= 11 is 0. The number of rotatable bonds is 7. The number of amides is 1. The lowest BCUT2D eigenvalue weighted by atomic mass is 9.97. The van der Waals surface area contributed by atoms with Crippen molar-refractivity contribution in [1.82, 2.24) is 10.2 Å². The number of ether oxygens (including phenoxy) is 1. The van der Waals surface area contributed by atoms with Crippen LogP contribution in [0.1, 0.15) is 32.1 Å². The SMILES string of the molecule is CN(C)[C@@H](CC1CC1)C(=O)N[C@H]1CC[C@@H]2CN(c3ccc(OC(F)(F)F)cc3)C[C@@H]21. The van der Waals surface area contributed by atoms with Crippen molar-refractivity contribution in [3.63, 3.8) is 0 Å². The molecular weight excluding hydrogens is 395 g/mol. The van der Waals surface area contributed by atoms with E-state index in [1.165, 1.54) is 25.0 Å². The van der Waals surface area contributed by atoms with Gasteiger partial charge in [-0.3, -0.25) is 9.69 Å². The Labute approximate surface area is 175 Å². The van der Waals surface area contributed by atoms with Gasteiger partial charge in [0.2, 0.25) is 5.91 Å². The zero-order valence-corrected chi connectivity index (χ0v) is 17.5. The monoisotopic (exact) mass is 425 g/mol. The minimum atomic E-state index is -4.68. The molecule has 8 heteroatoms. The Morgan fingerprint density at radius 1 is 1.17 bits per heavy atom. The van der Waals surface area contributed by atoms with Gasteiger partial charge in [0.1, 0.15) is 5.75 Å². The molecule has 4 atom stereocenters. The number of nitrogens with one attached hydrogen (secondary N) is 1. The van der Waals surface area contributed by atoms with Crippen LogP contribution in [0.5, 0.6) is 5.75 Å². The highest BCUT2D eigenvalue weighted by Crippen LogP contribution is 2.41. The molecule has 3 aliphatic rings. The lowest BCUT2D eigenvalue weighted by molar-refractivity contribution is -0.274. The molecule has 0 unspecified atom stereocenters. The maximum Gasteiger partial charge on any atom is 0.573 e. The molecule has 1 heterocycles. The third kappa shape index (κ3) is 5.02. The molecule has 0 bridgehead atoms. The molecule has 1 saturated heterocycles. The summed E-state index contributed by atoms with van der Waals surface area (Å²) in [5, 5.41) is 3.32. The lowest BCUT2D eigenvalue weighted by Crippen LogP contribution is -2.49. The molecular formula is C22H30F3N3O2. The van der Waals surface area contributed by atoms with Crippen molar-refractivity contribution in [2.75, 3.05) is 32.1 Å². The van der Waals surface area contributed by atoms with E-state index < -0.39 is 6.36 Å². The van der Waals surface area contributed by atoms with Gasteiger partial charge in [0.05, 0.1) is 6.04 Å². The van der Waals surface area contributed by atoms with Crippen LogP contribution in [0.4, 0.5) is 18.9 Å². The number of benzene rings is 1. The Kier molecular flexibility index (Phi) is 5.88. The molecule has 1 aliphatic heterocycles. The van der Waals surface area contributed by atoms with Crippen LogP contribution in [0, 0.1) is 17.8 Å². The minimum absolute atomic E-state index is 0.0739. The highest BCUT2D eigenvalue weighted by Gasteiger charge is 2.44. The number of hydrogen-bond acceptors (Lipinski definition) is 4. The van der Waals surface area contributed by atoms with Crippen LogP contribution in [0.25, 0.3) is 0 Å². The summed E-state index contributed by atoms with van der Waals surface area (Å²) in [5.41, 5.74) is 0.893. The van der Waals surface area contributed by atoms with Crippen molar-refractivity contribution in [2.45, 2.75) is 50.6 Å². The van der Waals surface area contributed by atoms with Crippen molar-refractivity contribution in [1.29, 1.82) is 0 Å². The van der Waals surface area contributed by atoms with E-state index in [0.717, 1.165) is 38.0 Å². The first-order valence-electron chi connectivity index (χ1n) is 10.8. The van der Waals surface area contributed by atoms with Crippen LogP contribution in [-0.2, 0) is 4.79 Å². The van der Waals surface area contributed by atoms with Gasteiger partial charge in [0, 0.05) is 30.7 Å². The second-order valence-electron chi connectivity index (χ2n) is 9.22. The van der Waals surface area contributed by atoms with Gasteiger partial charge in [0.15, 0.2) is 0 Å². The number of alkyl halides is 3. The van der Waals surface area contributed by atoms with Crippen LogP contribution in [0.3, 0.4) is 0 Å². The third-order valence-corrected chi connectivity index (χ3v) is 6.80. The second-order valence-corrected chi connectivity index (χ2v) is 9.22. The smallest absolute Gasteiger partial charge is 0.406 e. The molecule has 30 heavy (non-hydrogen) atoms. The predicted molar refractivity (Wildman–Crippen MR) is 108 cm³/mol. The fourth-order valence-electron chi connectivity index (χ4n) is 5.01. The van der Waals surface area contributed by atoms with E-state index in [9.17, 15) is 18.0 Å². The lowest BCUT2D eigenvalue weighted by Gasteiger charge is -2.28. The molecule has 3 fully saturated rings. The van der Waals surface area contributed by atoms with Crippen molar-refractivity contribution >= 4 is 11.6 Å². The summed E-state index contributed by atoms with van der Waals surface area (Å²) in [4.78, 5) is 17.1. The summed E-state index contributed by atoms with van der Waals surface area (Å²) in [7, 11) is 3.93. The first-order chi connectivity index (χ1) is 14.2. The Hall–Kier alpha value is -1.96. The van der Waals surface area contributed by atoms with Crippen LogP contribution in [-0.4, -0.2) is 56.4 Å². The Morgan fingerprint density at radius 2 is 1.87 bits per heavy atom. The quantitative estimate of drug-likeness (QED) is 0.725. The van der Waals surface area contributed by atoms with E-state index in [1.807, 2.05) is 19.0 Å². The normalized spacial score (nSPS) is 27.3. The maximum atomic E-state index is 12.9. The first kappa shape index (κ1) is 21.3. The van der Waals surface area contributed by atoms with Gasteiger partial charge < -0.3 is 15.0 Å². The number of halogens is 3. The van der Waals surface area contributed by atoms with Gasteiger partial charge in [-0.05, 0) is 69.5 Å². The van der Waals surface area contributed by atoms with Gasteiger partial charge in [0.25, 0.3) is 0 Å². The molecule has 1 N–H and O–H groups in total. The highest BCUT2D eigenvalue weighted by molar-refractivity contribution is 5.82. The summed E-state index contributed by atoms with van der Waals surface area (Å²) in [5.74, 6) is 1.49. The highest BCUT2D eigenvalue weighted by atomic mass is 19.4. The van der Waals surface area contributed by atoms with E-state index >= 15 is 0 Å². The largest absolute Gasteiger partial charge is 0.573 e. The Morgan fingerprint density at radius 3 is 2.47 bits per heavy atom. The van der Waals surface area contributed by atoms with E-state index in [-0.39, 0.29) is 23.7 Å². The van der Waals surface area contributed by atoms with E-state index in [1.54, 1.807) is 12.1 Å². The topological polar surface area (TPSA) is 44.8 Å². The molecule has 1 aromatic carbocycles. The molecule has 2 aliphatic carbocycles. The van der Waals surface area contributed by atoms with E-state index in [2.05, 4.69) is 15.0 Å². The van der Waals surface area contributed by atoms with Crippen LogP contribution < -0.4 is 15.0 Å². The van der Waals surface area contributed by atoms with Gasteiger partial charge in [-0.2, -0.15) is 0 Å². The molecule has 1 amide bonds. The number of hydrogen-bond donors (Lipinski definition) is 1. The number of nitrogens with zero attached hydrogens (tertiary/aromatic N) is 2. The van der Waals surface area contributed by atoms with Crippen molar-refractivity contribution < 1.29 is 22.7 Å². The first-order valence-corrected chi connectivity index (χ1v) is 10.8. The van der Waals surface area contributed by atoms with Crippen molar-refractivity contribution in [2.24, 2.45) is 17.8 Å². The summed E-state index contributed by atoms with van der Waals surface area (Å²) in [6.45, 7) is 1.68. The number of anilines is 1. The molecule has 0 aromatic heterocycles. The van der Waals surface area contributed by atoms with E-state index in [4.69, 9.17) is 0 Å². The van der Waals surface area contributed by atoms with Gasteiger partial charge in [-0.25, -0.2) is 0 Å². The summed E-state index contributed by atoms with van der Waals surface area (Å²) in [6, 6.07) is 6.16. The number of carbonyl (C=O) groups is 1. The predicted octanol–water partition coefficient (Wildman–Crippen LogP) is 3.65. The van der Waals surface area contributed by atoms with Gasteiger partial charge >= 0.3 is 6.36 Å². The van der Waals surface area contributed by atoms with Crippen LogP contribution in [0.15, 0.2) is 24.3 Å². The molecule has 0 radical (unpaired) electrons. The molecule has 5 nitrogen and oxygen atoms in total. The van der Waals surface area contributed by atoms with Gasteiger partial charge in [-0.1, -0.05) is 12.8 Å². The number of likely N-dealkylation sites (N-methyl/N-ethyl adjacent to an activating group) is 1. The van der Waals surface area contributed by atoms with Gasteiger partial charge in [-0.15, -0.1) is 13.2 Å². The van der Waals surface area contributed by atoms with Crippen LogP contribution in [0.2, 0.25) is 0 Å². The zero-order chi connectivity index (χ0) is 21.5. The third-order valence-electron chi connectivity index (χ3n) is 6.80.